The molecule has 0 aromatic heterocycles. The molecule has 5 nitrogen and oxygen atoms in total. The second-order valence-corrected chi connectivity index (χ2v) is 9.03. The fourth-order valence-corrected chi connectivity index (χ4v) is 4.66. The molecule has 0 atom stereocenters. The molecule has 2 aromatic carbocycles. The van der Waals surface area contributed by atoms with Crippen LogP contribution in [0.1, 0.15) is 48.5 Å². The summed E-state index contributed by atoms with van der Waals surface area (Å²) in [5, 5.41) is 3.04. The lowest BCUT2D eigenvalue weighted by Crippen LogP contribution is -2.45. The monoisotopic (exact) mass is 386 g/mol. The zero-order valence-corrected chi connectivity index (χ0v) is 16.4. The van der Waals surface area contributed by atoms with Crippen LogP contribution in [0.2, 0.25) is 0 Å². The van der Waals surface area contributed by atoms with E-state index < -0.39 is 10.0 Å². The van der Waals surface area contributed by atoms with Crippen molar-refractivity contribution >= 4 is 21.6 Å². The molecule has 3 rings (SSSR count). The van der Waals surface area contributed by atoms with Crippen molar-refractivity contribution in [3.05, 3.63) is 65.7 Å². The summed E-state index contributed by atoms with van der Waals surface area (Å²) in [5.41, 5.74) is 2.14. The maximum atomic E-state index is 12.6. The molecule has 2 N–H and O–H groups in total. The average Bonchev–Trinajstić information content (AvgIpc) is 2.61. The van der Waals surface area contributed by atoms with E-state index in [0.717, 1.165) is 12.8 Å². The molecule has 0 spiro atoms. The van der Waals surface area contributed by atoms with Crippen LogP contribution in [0.3, 0.4) is 0 Å². The van der Waals surface area contributed by atoms with Gasteiger partial charge in [-0.05, 0) is 43.0 Å². The highest BCUT2D eigenvalue weighted by atomic mass is 32.2. The van der Waals surface area contributed by atoms with Crippen LogP contribution in [-0.2, 0) is 15.4 Å². The first kappa shape index (κ1) is 19.4. The topological polar surface area (TPSA) is 75.3 Å². The molecule has 1 aliphatic carbocycles. The van der Waals surface area contributed by atoms with Crippen LogP contribution in [0, 0.1) is 0 Å². The van der Waals surface area contributed by atoms with Gasteiger partial charge >= 0.3 is 0 Å². The van der Waals surface area contributed by atoms with E-state index in [1.165, 1.54) is 12.0 Å². The number of sulfonamides is 1. The van der Waals surface area contributed by atoms with Crippen molar-refractivity contribution in [3.63, 3.8) is 0 Å². The Balaban J connectivity index is 1.67. The van der Waals surface area contributed by atoms with E-state index in [0.29, 0.717) is 24.2 Å². The minimum absolute atomic E-state index is 0.0112. The van der Waals surface area contributed by atoms with Gasteiger partial charge in [-0.15, -0.1) is 0 Å². The molecule has 6 heteroatoms. The first-order chi connectivity index (χ1) is 12.9. The predicted octanol–water partition coefficient (Wildman–Crippen LogP) is 3.69. The molecule has 144 valence electrons. The van der Waals surface area contributed by atoms with Crippen molar-refractivity contribution in [1.29, 1.82) is 0 Å². The van der Waals surface area contributed by atoms with Gasteiger partial charge < -0.3 is 5.32 Å². The third-order valence-corrected chi connectivity index (χ3v) is 6.65. The van der Waals surface area contributed by atoms with Gasteiger partial charge in [-0.25, -0.2) is 8.42 Å². The summed E-state index contributed by atoms with van der Waals surface area (Å²) in [7, 11) is -3.38. The zero-order chi connectivity index (χ0) is 19.3. The number of hydrogen-bond acceptors (Lipinski definition) is 3. The van der Waals surface area contributed by atoms with Crippen molar-refractivity contribution in [3.8, 4) is 0 Å². The van der Waals surface area contributed by atoms with Crippen LogP contribution in [0.5, 0.6) is 0 Å². The largest absolute Gasteiger partial charge is 0.351 e. The molecule has 0 unspecified atom stereocenters. The van der Waals surface area contributed by atoms with E-state index in [4.69, 9.17) is 0 Å². The van der Waals surface area contributed by atoms with Crippen molar-refractivity contribution in [2.24, 2.45) is 0 Å². The standard InChI is InChI=1S/C21H26N2O3S/c1-2-14-27(25,26)23-19-11-6-8-17(15-19)20(24)22-16-21(12-7-13-21)18-9-4-3-5-10-18/h3-6,8-11,15,23H,2,7,12-14,16H2,1H3,(H,22,24). The van der Waals surface area contributed by atoms with Crippen molar-refractivity contribution in [2.45, 2.75) is 38.0 Å². The van der Waals surface area contributed by atoms with Gasteiger partial charge in [0.1, 0.15) is 0 Å². The van der Waals surface area contributed by atoms with Crippen LogP contribution in [0.25, 0.3) is 0 Å². The summed E-state index contributed by atoms with van der Waals surface area (Å²) < 4.78 is 26.4. The van der Waals surface area contributed by atoms with E-state index >= 15 is 0 Å². The van der Waals surface area contributed by atoms with Crippen LogP contribution >= 0.6 is 0 Å². The molecule has 0 aliphatic heterocycles. The summed E-state index contributed by atoms with van der Waals surface area (Å²) in [4.78, 5) is 12.6. The fraction of sp³-hybridized carbons (Fsp3) is 0.381. The molecular formula is C21H26N2O3S. The Morgan fingerprint density at radius 2 is 1.81 bits per heavy atom. The molecule has 2 aromatic rings. The molecule has 1 saturated carbocycles. The van der Waals surface area contributed by atoms with Gasteiger partial charge in [0.25, 0.3) is 5.91 Å². The Labute approximate surface area is 161 Å². The van der Waals surface area contributed by atoms with E-state index in [1.807, 2.05) is 25.1 Å². The van der Waals surface area contributed by atoms with Crippen LogP contribution < -0.4 is 10.0 Å². The maximum absolute atomic E-state index is 12.6. The quantitative estimate of drug-likeness (QED) is 0.726. The number of benzene rings is 2. The highest BCUT2D eigenvalue weighted by Gasteiger charge is 2.38. The normalized spacial score (nSPS) is 15.6. The van der Waals surface area contributed by atoms with Gasteiger partial charge in [0.15, 0.2) is 0 Å². The Hall–Kier alpha value is -2.34. The second kappa shape index (κ2) is 8.13. The summed E-state index contributed by atoms with van der Waals surface area (Å²) >= 11 is 0. The Morgan fingerprint density at radius 1 is 1.07 bits per heavy atom. The molecular weight excluding hydrogens is 360 g/mol. The molecule has 0 bridgehead atoms. The lowest BCUT2D eigenvalue weighted by atomic mass is 9.64. The lowest BCUT2D eigenvalue weighted by Gasteiger charge is -2.42. The van der Waals surface area contributed by atoms with E-state index in [9.17, 15) is 13.2 Å². The fourth-order valence-electron chi connectivity index (χ4n) is 3.54. The minimum Gasteiger partial charge on any atom is -0.351 e. The average molecular weight is 387 g/mol. The number of carbonyl (C=O) groups is 1. The summed E-state index contributed by atoms with van der Waals surface area (Å²) in [6, 6.07) is 16.9. The zero-order valence-electron chi connectivity index (χ0n) is 15.6. The molecule has 1 fully saturated rings. The first-order valence-corrected chi connectivity index (χ1v) is 11.0. The third-order valence-electron chi connectivity index (χ3n) is 5.16. The van der Waals surface area contributed by atoms with E-state index in [1.54, 1.807) is 24.3 Å². The van der Waals surface area contributed by atoms with Gasteiger partial charge in [0.05, 0.1) is 5.75 Å². The molecule has 0 heterocycles. The molecule has 1 aliphatic rings. The smallest absolute Gasteiger partial charge is 0.251 e. The number of nitrogens with one attached hydrogen (secondary N) is 2. The number of rotatable bonds is 8. The SMILES string of the molecule is CCCS(=O)(=O)Nc1cccc(C(=O)NCC2(c3ccccc3)CCC2)c1. The van der Waals surface area contributed by atoms with Gasteiger partial charge in [-0.2, -0.15) is 0 Å². The van der Waals surface area contributed by atoms with Crippen molar-refractivity contribution < 1.29 is 13.2 Å². The van der Waals surface area contributed by atoms with E-state index in [-0.39, 0.29) is 17.1 Å². The highest BCUT2D eigenvalue weighted by molar-refractivity contribution is 7.92. The molecule has 1 amide bonds. The van der Waals surface area contributed by atoms with Gasteiger partial charge in [-0.3, -0.25) is 9.52 Å². The molecule has 0 radical (unpaired) electrons. The predicted molar refractivity (Wildman–Crippen MR) is 108 cm³/mol. The number of anilines is 1. The van der Waals surface area contributed by atoms with Gasteiger partial charge in [0, 0.05) is 23.2 Å². The highest BCUT2D eigenvalue weighted by Crippen LogP contribution is 2.43. The number of amides is 1. The van der Waals surface area contributed by atoms with Crippen LogP contribution in [0.15, 0.2) is 54.6 Å². The first-order valence-electron chi connectivity index (χ1n) is 9.38. The van der Waals surface area contributed by atoms with Gasteiger partial charge in [0.2, 0.25) is 10.0 Å². The van der Waals surface area contributed by atoms with Crippen molar-refractivity contribution in [2.75, 3.05) is 17.0 Å². The third kappa shape index (κ3) is 4.69. The number of hydrogen-bond donors (Lipinski definition) is 2. The van der Waals surface area contributed by atoms with Crippen LogP contribution in [0.4, 0.5) is 5.69 Å². The summed E-state index contributed by atoms with van der Waals surface area (Å²) in [6.45, 7) is 2.40. The summed E-state index contributed by atoms with van der Waals surface area (Å²) in [5.74, 6) is -0.128. The van der Waals surface area contributed by atoms with Crippen molar-refractivity contribution in [1.82, 2.24) is 5.32 Å². The second-order valence-electron chi connectivity index (χ2n) is 7.18. The maximum Gasteiger partial charge on any atom is 0.251 e. The molecule has 0 saturated heterocycles. The minimum atomic E-state index is -3.38. The molecule has 27 heavy (non-hydrogen) atoms. The van der Waals surface area contributed by atoms with Crippen LogP contribution in [-0.4, -0.2) is 26.6 Å². The Kier molecular flexibility index (Phi) is 5.85. The number of carbonyl (C=O) groups excluding carboxylic acids is 1. The summed E-state index contributed by atoms with van der Waals surface area (Å²) in [6.07, 6.45) is 3.83. The Bertz CT molecular complexity index is 891. The lowest BCUT2D eigenvalue weighted by molar-refractivity contribution is 0.0928. The van der Waals surface area contributed by atoms with Gasteiger partial charge in [-0.1, -0.05) is 49.7 Å². The van der Waals surface area contributed by atoms with E-state index in [2.05, 4.69) is 22.2 Å². The Morgan fingerprint density at radius 3 is 2.44 bits per heavy atom.